The van der Waals surface area contributed by atoms with Gasteiger partial charge in [0.1, 0.15) is 5.69 Å². The van der Waals surface area contributed by atoms with Gasteiger partial charge in [0.15, 0.2) is 11.4 Å². The summed E-state index contributed by atoms with van der Waals surface area (Å²) >= 11 is 0. The Labute approximate surface area is 92.3 Å². The molecule has 0 atom stereocenters. The van der Waals surface area contributed by atoms with Crippen LogP contribution in [0.3, 0.4) is 0 Å². The zero-order valence-corrected chi connectivity index (χ0v) is 8.84. The van der Waals surface area contributed by atoms with Crippen LogP contribution in [-0.4, -0.2) is 9.38 Å². The van der Waals surface area contributed by atoms with Crippen molar-refractivity contribution in [3.8, 4) is 11.5 Å². The Kier molecular flexibility index (Phi) is 1.77. The number of pyridine rings is 1. The Balaban J connectivity index is 2.28. The number of imidazole rings is 1. The molecule has 0 amide bonds. The van der Waals surface area contributed by atoms with Gasteiger partial charge in [0, 0.05) is 12.4 Å². The molecule has 0 aliphatic rings. The molecule has 0 fully saturated rings. The van der Waals surface area contributed by atoms with Gasteiger partial charge in [-0.3, -0.25) is 0 Å². The van der Waals surface area contributed by atoms with Crippen LogP contribution in [0, 0.1) is 6.92 Å². The molecule has 4 nitrogen and oxygen atoms in total. The second kappa shape index (κ2) is 3.13. The predicted molar refractivity (Wildman–Crippen MR) is 62.0 cm³/mol. The van der Waals surface area contributed by atoms with Gasteiger partial charge in [-0.1, -0.05) is 0 Å². The molecule has 0 aliphatic heterocycles. The van der Waals surface area contributed by atoms with Crippen molar-refractivity contribution in [1.29, 1.82) is 0 Å². The third-order valence-electron chi connectivity index (χ3n) is 2.66. The second-order valence-electron chi connectivity index (χ2n) is 3.75. The molecule has 0 saturated carbocycles. The summed E-state index contributed by atoms with van der Waals surface area (Å²) in [6.07, 6.45) is 5.48. The maximum atomic E-state index is 5.97. The van der Waals surface area contributed by atoms with Crippen LogP contribution in [-0.2, 0) is 0 Å². The van der Waals surface area contributed by atoms with Crippen molar-refractivity contribution in [3.63, 3.8) is 0 Å². The van der Waals surface area contributed by atoms with Crippen molar-refractivity contribution < 1.29 is 4.42 Å². The molecule has 3 rings (SSSR count). The van der Waals surface area contributed by atoms with Crippen molar-refractivity contribution in [2.24, 2.45) is 0 Å². The van der Waals surface area contributed by atoms with E-state index in [0.29, 0.717) is 5.69 Å². The molecule has 4 heteroatoms. The number of nitrogens with zero attached hydrogens (tertiary/aromatic N) is 2. The van der Waals surface area contributed by atoms with Crippen molar-refractivity contribution in [3.05, 3.63) is 42.4 Å². The van der Waals surface area contributed by atoms with E-state index >= 15 is 0 Å². The summed E-state index contributed by atoms with van der Waals surface area (Å²) in [5.74, 6) is 0.751. The van der Waals surface area contributed by atoms with Gasteiger partial charge in [-0.15, -0.1) is 0 Å². The largest absolute Gasteiger partial charge is 0.463 e. The molecule has 3 aromatic rings. The van der Waals surface area contributed by atoms with E-state index in [0.717, 1.165) is 22.7 Å². The molecule has 3 aromatic heterocycles. The highest BCUT2D eigenvalue weighted by Crippen LogP contribution is 2.23. The van der Waals surface area contributed by atoms with Crippen molar-refractivity contribution in [2.45, 2.75) is 6.92 Å². The SMILES string of the molecule is Cc1ccn2cc(-c3ccco3)nc2c1N. The molecule has 80 valence electrons. The molecule has 3 heterocycles. The number of hydrogen-bond donors (Lipinski definition) is 1. The standard InChI is InChI=1S/C12H11N3O/c1-8-4-5-15-7-9(10-3-2-6-16-10)14-12(15)11(8)13/h2-7H,13H2,1H3. The molecule has 0 aromatic carbocycles. The number of furan rings is 1. The molecular formula is C12H11N3O. The average molecular weight is 213 g/mol. The Hall–Kier alpha value is -2.23. The first-order valence-corrected chi connectivity index (χ1v) is 5.03. The highest BCUT2D eigenvalue weighted by atomic mass is 16.3. The van der Waals surface area contributed by atoms with Crippen molar-refractivity contribution in [2.75, 3.05) is 5.73 Å². The van der Waals surface area contributed by atoms with Gasteiger partial charge in [0.05, 0.1) is 12.0 Å². The fourth-order valence-corrected chi connectivity index (χ4v) is 1.71. The Morgan fingerprint density at radius 2 is 2.25 bits per heavy atom. The van der Waals surface area contributed by atoms with Gasteiger partial charge >= 0.3 is 0 Å². The molecular weight excluding hydrogens is 202 g/mol. The molecule has 0 radical (unpaired) electrons. The van der Waals surface area contributed by atoms with E-state index in [1.165, 1.54) is 0 Å². The van der Waals surface area contributed by atoms with E-state index in [1.807, 2.05) is 41.9 Å². The molecule has 0 aliphatic carbocycles. The number of nitrogen functional groups attached to an aromatic ring is 1. The van der Waals surface area contributed by atoms with E-state index in [-0.39, 0.29) is 0 Å². The summed E-state index contributed by atoms with van der Waals surface area (Å²) in [6, 6.07) is 5.69. The van der Waals surface area contributed by atoms with Gasteiger partial charge < -0.3 is 14.6 Å². The highest BCUT2D eigenvalue weighted by Gasteiger charge is 2.09. The first kappa shape index (κ1) is 9.03. The summed E-state index contributed by atoms with van der Waals surface area (Å²) in [7, 11) is 0. The number of hydrogen-bond acceptors (Lipinski definition) is 3. The third kappa shape index (κ3) is 1.20. The van der Waals surface area contributed by atoms with Crippen LogP contribution < -0.4 is 5.73 Å². The number of anilines is 1. The summed E-state index contributed by atoms with van der Waals surface area (Å²) in [6.45, 7) is 1.97. The van der Waals surface area contributed by atoms with Crippen LogP contribution >= 0.6 is 0 Å². The topological polar surface area (TPSA) is 56.5 Å². The van der Waals surface area contributed by atoms with Crippen LogP contribution in [0.5, 0.6) is 0 Å². The van der Waals surface area contributed by atoms with Gasteiger partial charge in [-0.05, 0) is 30.7 Å². The van der Waals surface area contributed by atoms with Crippen molar-refractivity contribution >= 4 is 11.3 Å². The highest BCUT2D eigenvalue weighted by molar-refractivity contribution is 5.71. The predicted octanol–water partition coefficient (Wildman–Crippen LogP) is 2.48. The Bertz CT molecular complexity index is 638. The van der Waals surface area contributed by atoms with Gasteiger partial charge in [-0.25, -0.2) is 4.98 Å². The molecule has 0 spiro atoms. The van der Waals surface area contributed by atoms with Crippen LogP contribution in [0.4, 0.5) is 5.69 Å². The van der Waals surface area contributed by atoms with E-state index in [4.69, 9.17) is 10.2 Å². The normalized spacial score (nSPS) is 11.1. The van der Waals surface area contributed by atoms with Crippen LogP contribution in [0.2, 0.25) is 0 Å². The maximum Gasteiger partial charge on any atom is 0.161 e. The number of aromatic nitrogens is 2. The number of nitrogens with two attached hydrogens (primary N) is 1. The Morgan fingerprint density at radius 3 is 3.00 bits per heavy atom. The zero-order chi connectivity index (χ0) is 11.1. The van der Waals surface area contributed by atoms with Gasteiger partial charge in [-0.2, -0.15) is 0 Å². The lowest BCUT2D eigenvalue weighted by Gasteiger charge is -2.00. The molecule has 0 unspecified atom stereocenters. The van der Waals surface area contributed by atoms with E-state index in [9.17, 15) is 0 Å². The smallest absolute Gasteiger partial charge is 0.161 e. The Morgan fingerprint density at radius 1 is 1.38 bits per heavy atom. The zero-order valence-electron chi connectivity index (χ0n) is 8.84. The summed E-state index contributed by atoms with van der Waals surface area (Å²) in [4.78, 5) is 4.46. The van der Waals surface area contributed by atoms with E-state index in [2.05, 4.69) is 4.98 Å². The average Bonchev–Trinajstić information content (AvgIpc) is 2.91. The van der Waals surface area contributed by atoms with E-state index < -0.39 is 0 Å². The lowest BCUT2D eigenvalue weighted by molar-refractivity contribution is 0.580. The number of aryl methyl sites for hydroxylation is 1. The number of rotatable bonds is 1. The van der Waals surface area contributed by atoms with Gasteiger partial charge in [0.2, 0.25) is 0 Å². The number of fused-ring (bicyclic) bond motifs is 1. The lowest BCUT2D eigenvalue weighted by atomic mass is 10.2. The first-order valence-electron chi connectivity index (χ1n) is 5.03. The minimum absolute atomic E-state index is 0.709. The molecule has 0 bridgehead atoms. The molecule has 2 N–H and O–H groups in total. The van der Waals surface area contributed by atoms with Gasteiger partial charge in [0.25, 0.3) is 0 Å². The fraction of sp³-hybridized carbons (Fsp3) is 0.0833. The minimum atomic E-state index is 0.709. The summed E-state index contributed by atoms with van der Waals surface area (Å²) in [5.41, 5.74) is 9.27. The summed E-state index contributed by atoms with van der Waals surface area (Å²) < 4.78 is 7.21. The first-order chi connectivity index (χ1) is 7.75. The van der Waals surface area contributed by atoms with Crippen LogP contribution in [0.1, 0.15) is 5.56 Å². The van der Waals surface area contributed by atoms with Crippen LogP contribution in [0.15, 0.2) is 41.3 Å². The maximum absolute atomic E-state index is 5.97. The third-order valence-corrected chi connectivity index (χ3v) is 2.66. The van der Waals surface area contributed by atoms with E-state index in [1.54, 1.807) is 6.26 Å². The lowest BCUT2D eigenvalue weighted by Crippen LogP contribution is -1.94. The second-order valence-corrected chi connectivity index (χ2v) is 3.75. The quantitative estimate of drug-likeness (QED) is 0.675. The molecule has 0 saturated heterocycles. The fourth-order valence-electron chi connectivity index (χ4n) is 1.71. The van der Waals surface area contributed by atoms with Crippen molar-refractivity contribution in [1.82, 2.24) is 9.38 Å². The molecule has 16 heavy (non-hydrogen) atoms. The van der Waals surface area contributed by atoms with Crippen LogP contribution in [0.25, 0.3) is 17.1 Å². The summed E-state index contributed by atoms with van der Waals surface area (Å²) in [5, 5.41) is 0. The monoisotopic (exact) mass is 213 g/mol. The minimum Gasteiger partial charge on any atom is -0.463 e.